The Hall–Kier alpha value is -1.09. The molecule has 0 amide bonds. The van der Waals surface area contributed by atoms with Gasteiger partial charge in [-0.05, 0) is 11.6 Å². The minimum absolute atomic E-state index is 0.199. The van der Waals surface area contributed by atoms with Crippen LogP contribution < -0.4 is 4.74 Å². The molecule has 2 nitrogen and oxygen atoms in total. The zero-order valence-corrected chi connectivity index (χ0v) is 8.83. The third-order valence-electron chi connectivity index (χ3n) is 2.75. The predicted octanol–water partition coefficient (Wildman–Crippen LogP) is 2.37. The van der Waals surface area contributed by atoms with Crippen molar-refractivity contribution in [1.82, 2.24) is 0 Å². The molecular weight excluding hydrogens is 195 g/mol. The summed E-state index contributed by atoms with van der Waals surface area (Å²) in [7, 11) is 1.61. The molecule has 1 fully saturated rings. The fraction of sp³-hybridized carbons (Fsp3) is 0.500. The van der Waals surface area contributed by atoms with E-state index in [2.05, 4.69) is 0 Å². The molecule has 1 aliphatic rings. The van der Waals surface area contributed by atoms with Crippen LogP contribution in [0.2, 0.25) is 0 Å². The summed E-state index contributed by atoms with van der Waals surface area (Å²) in [6.07, 6.45) is 0.849. The van der Waals surface area contributed by atoms with Gasteiger partial charge in [-0.1, -0.05) is 18.2 Å². The predicted molar refractivity (Wildman–Crippen MR) is 56.0 cm³/mol. The van der Waals surface area contributed by atoms with Crippen molar-refractivity contribution in [2.75, 3.05) is 20.3 Å². The first-order valence-electron chi connectivity index (χ1n) is 5.12. The zero-order chi connectivity index (χ0) is 10.7. The number of alkyl halides is 1. The van der Waals surface area contributed by atoms with E-state index in [1.54, 1.807) is 7.11 Å². The molecule has 0 aliphatic carbocycles. The number of methoxy groups -OCH3 is 1. The maximum atomic E-state index is 14.1. The number of benzene rings is 1. The van der Waals surface area contributed by atoms with Crippen molar-refractivity contribution in [3.8, 4) is 5.75 Å². The van der Waals surface area contributed by atoms with Crippen LogP contribution in [0, 0.1) is 0 Å². The Kier molecular flexibility index (Phi) is 2.91. The lowest BCUT2D eigenvalue weighted by Crippen LogP contribution is -2.26. The number of ether oxygens (including phenoxy) is 2. The lowest BCUT2D eigenvalue weighted by Gasteiger charge is -2.18. The fourth-order valence-corrected chi connectivity index (χ4v) is 1.91. The highest BCUT2D eigenvalue weighted by atomic mass is 19.1. The topological polar surface area (TPSA) is 18.5 Å². The van der Waals surface area contributed by atoms with Gasteiger partial charge in [0.25, 0.3) is 0 Å². The van der Waals surface area contributed by atoms with E-state index in [4.69, 9.17) is 9.47 Å². The Morgan fingerprint density at radius 2 is 2.27 bits per heavy atom. The highest BCUT2D eigenvalue weighted by Gasteiger charge is 2.35. The summed E-state index contributed by atoms with van der Waals surface area (Å²) in [6.45, 7) is 0.719. The molecule has 0 N–H and O–H groups in total. The smallest absolute Gasteiger partial charge is 0.140 e. The van der Waals surface area contributed by atoms with Gasteiger partial charge < -0.3 is 9.47 Å². The van der Waals surface area contributed by atoms with Crippen molar-refractivity contribution in [3.63, 3.8) is 0 Å². The molecule has 2 rings (SSSR count). The third kappa shape index (κ3) is 2.29. The maximum absolute atomic E-state index is 14.1. The van der Waals surface area contributed by atoms with E-state index >= 15 is 0 Å². The summed E-state index contributed by atoms with van der Waals surface area (Å²) in [6, 6.07) is 7.54. The second-order valence-corrected chi connectivity index (χ2v) is 3.94. The van der Waals surface area contributed by atoms with Crippen LogP contribution in [0.4, 0.5) is 4.39 Å². The summed E-state index contributed by atoms with van der Waals surface area (Å²) < 4.78 is 24.4. The van der Waals surface area contributed by atoms with E-state index in [9.17, 15) is 4.39 Å². The number of para-hydroxylation sites is 1. The molecule has 1 aliphatic heterocycles. The monoisotopic (exact) mass is 210 g/mol. The van der Waals surface area contributed by atoms with Crippen LogP contribution in [0.15, 0.2) is 24.3 Å². The van der Waals surface area contributed by atoms with E-state index in [1.165, 1.54) is 0 Å². The molecule has 1 saturated heterocycles. The largest absolute Gasteiger partial charge is 0.496 e. The normalized spacial score (nSPS) is 25.5. The summed E-state index contributed by atoms with van der Waals surface area (Å²) in [5.74, 6) is 0.751. The second-order valence-electron chi connectivity index (χ2n) is 3.94. The molecule has 0 radical (unpaired) electrons. The average Bonchev–Trinajstić information content (AvgIpc) is 2.66. The van der Waals surface area contributed by atoms with E-state index in [0.29, 0.717) is 19.4 Å². The Morgan fingerprint density at radius 3 is 2.93 bits per heavy atom. The molecule has 0 bridgehead atoms. The minimum Gasteiger partial charge on any atom is -0.496 e. The van der Waals surface area contributed by atoms with E-state index in [1.807, 2.05) is 24.3 Å². The lowest BCUT2D eigenvalue weighted by molar-refractivity contribution is 0.112. The Balaban J connectivity index is 2.16. The first kappa shape index (κ1) is 10.4. The number of hydrogen-bond donors (Lipinski definition) is 0. The summed E-state index contributed by atoms with van der Waals surface area (Å²) in [4.78, 5) is 0. The zero-order valence-electron chi connectivity index (χ0n) is 8.83. The Morgan fingerprint density at radius 1 is 1.47 bits per heavy atom. The average molecular weight is 210 g/mol. The van der Waals surface area contributed by atoms with E-state index in [0.717, 1.165) is 11.3 Å². The quantitative estimate of drug-likeness (QED) is 0.762. The number of hydrogen-bond acceptors (Lipinski definition) is 2. The molecule has 1 heterocycles. The molecule has 0 saturated carbocycles. The van der Waals surface area contributed by atoms with Crippen LogP contribution in [0.25, 0.3) is 0 Å². The van der Waals surface area contributed by atoms with Gasteiger partial charge >= 0.3 is 0 Å². The number of halogens is 1. The van der Waals surface area contributed by atoms with Gasteiger partial charge in [-0.15, -0.1) is 0 Å². The third-order valence-corrected chi connectivity index (χ3v) is 2.75. The fourth-order valence-electron chi connectivity index (χ4n) is 1.91. The van der Waals surface area contributed by atoms with Crippen molar-refractivity contribution in [3.05, 3.63) is 29.8 Å². The number of rotatable bonds is 3. The molecule has 3 heteroatoms. The van der Waals surface area contributed by atoms with Crippen LogP contribution in [0.3, 0.4) is 0 Å². The minimum atomic E-state index is -1.21. The van der Waals surface area contributed by atoms with Crippen molar-refractivity contribution in [1.29, 1.82) is 0 Å². The molecule has 1 atom stereocenters. The van der Waals surface area contributed by atoms with Crippen molar-refractivity contribution in [2.45, 2.75) is 18.5 Å². The van der Waals surface area contributed by atoms with Crippen molar-refractivity contribution < 1.29 is 13.9 Å². The molecule has 1 unspecified atom stereocenters. The molecule has 1 aromatic carbocycles. The van der Waals surface area contributed by atoms with Crippen LogP contribution in [-0.4, -0.2) is 26.0 Å². The van der Waals surface area contributed by atoms with E-state index < -0.39 is 5.67 Å². The van der Waals surface area contributed by atoms with Gasteiger partial charge in [0.05, 0.1) is 13.7 Å². The molecule has 0 spiro atoms. The van der Waals surface area contributed by atoms with E-state index in [-0.39, 0.29) is 6.61 Å². The Bertz CT molecular complexity index is 332. The van der Waals surface area contributed by atoms with Crippen LogP contribution in [0.5, 0.6) is 5.75 Å². The summed E-state index contributed by atoms with van der Waals surface area (Å²) >= 11 is 0. The van der Waals surface area contributed by atoms with Gasteiger partial charge in [-0.2, -0.15) is 0 Å². The van der Waals surface area contributed by atoms with Gasteiger partial charge in [-0.25, -0.2) is 4.39 Å². The van der Waals surface area contributed by atoms with Crippen molar-refractivity contribution in [2.24, 2.45) is 0 Å². The lowest BCUT2D eigenvalue weighted by atomic mass is 9.95. The first-order chi connectivity index (χ1) is 7.23. The molecule has 1 aromatic rings. The van der Waals surface area contributed by atoms with Crippen LogP contribution >= 0.6 is 0 Å². The van der Waals surface area contributed by atoms with Crippen molar-refractivity contribution >= 4 is 0 Å². The maximum Gasteiger partial charge on any atom is 0.140 e. The van der Waals surface area contributed by atoms with Gasteiger partial charge in [0, 0.05) is 19.4 Å². The highest BCUT2D eigenvalue weighted by molar-refractivity contribution is 5.34. The second kappa shape index (κ2) is 4.19. The molecule has 82 valence electrons. The standard InChI is InChI=1S/C12H15FO2/c1-14-11-5-3-2-4-10(11)8-12(13)6-7-15-9-12/h2-5H,6-9H2,1H3. The van der Waals surface area contributed by atoms with Crippen LogP contribution in [-0.2, 0) is 11.2 Å². The first-order valence-corrected chi connectivity index (χ1v) is 5.12. The van der Waals surface area contributed by atoms with Gasteiger partial charge in [0.2, 0.25) is 0 Å². The summed E-state index contributed by atoms with van der Waals surface area (Å²) in [5.41, 5.74) is -0.303. The molecule has 15 heavy (non-hydrogen) atoms. The Labute approximate surface area is 89.0 Å². The molecule has 0 aromatic heterocycles. The van der Waals surface area contributed by atoms with Crippen LogP contribution in [0.1, 0.15) is 12.0 Å². The van der Waals surface area contributed by atoms with Gasteiger partial charge in [0.1, 0.15) is 11.4 Å². The van der Waals surface area contributed by atoms with Gasteiger partial charge in [-0.3, -0.25) is 0 Å². The SMILES string of the molecule is COc1ccccc1CC1(F)CCOC1. The molecular formula is C12H15FO2. The summed E-state index contributed by atoms with van der Waals surface area (Å²) in [5, 5.41) is 0. The van der Waals surface area contributed by atoms with Gasteiger partial charge in [0.15, 0.2) is 0 Å². The highest BCUT2D eigenvalue weighted by Crippen LogP contribution is 2.31.